The summed E-state index contributed by atoms with van der Waals surface area (Å²) in [6, 6.07) is 0. The fourth-order valence-corrected chi connectivity index (χ4v) is 2.18. The van der Waals surface area contributed by atoms with Gasteiger partial charge in [-0.15, -0.1) is 0 Å². The Balaban J connectivity index is 1.82. The highest BCUT2D eigenvalue weighted by Crippen LogP contribution is 2.13. The second kappa shape index (κ2) is 5.96. The molecule has 0 bridgehead atoms. The lowest BCUT2D eigenvalue weighted by Gasteiger charge is -2.36. The summed E-state index contributed by atoms with van der Waals surface area (Å²) in [6.07, 6.45) is 6.61. The fraction of sp³-hybridized carbons (Fsp3) is 0.692. The second-order valence-corrected chi connectivity index (χ2v) is 4.86. The van der Waals surface area contributed by atoms with Crippen molar-refractivity contribution < 1.29 is 0 Å². The van der Waals surface area contributed by atoms with Crippen LogP contribution in [-0.2, 0) is 0 Å². The molecular formula is C13H22N4. The van der Waals surface area contributed by atoms with Gasteiger partial charge in [0.1, 0.15) is 5.82 Å². The van der Waals surface area contributed by atoms with Crippen LogP contribution in [0.5, 0.6) is 0 Å². The fourth-order valence-electron chi connectivity index (χ4n) is 2.18. The molecule has 2 heterocycles. The van der Waals surface area contributed by atoms with Crippen LogP contribution in [0.1, 0.15) is 20.3 Å². The van der Waals surface area contributed by atoms with Crippen LogP contribution < -0.4 is 4.90 Å². The minimum atomic E-state index is 0.804. The third kappa shape index (κ3) is 3.40. The lowest BCUT2D eigenvalue weighted by molar-refractivity contribution is 0.222. The Kier molecular flexibility index (Phi) is 4.31. The molecule has 1 aliphatic heterocycles. The first kappa shape index (κ1) is 12.3. The van der Waals surface area contributed by atoms with Gasteiger partial charge in [-0.3, -0.25) is 9.88 Å². The van der Waals surface area contributed by atoms with E-state index >= 15 is 0 Å². The molecule has 0 aliphatic carbocycles. The summed E-state index contributed by atoms with van der Waals surface area (Å²) in [4.78, 5) is 13.3. The van der Waals surface area contributed by atoms with Crippen molar-refractivity contribution in [2.75, 3.05) is 37.6 Å². The third-order valence-electron chi connectivity index (χ3n) is 3.51. The predicted octanol–water partition coefficient (Wildman–Crippen LogP) is 1.64. The topological polar surface area (TPSA) is 32.3 Å². The molecule has 0 radical (unpaired) electrons. The molecule has 1 aromatic rings. The standard InChI is InChI=1S/C13H22N4/c1-3-12(2)11-16-6-8-17(9-7-16)13-10-14-4-5-15-13/h4-5,10,12H,3,6-9,11H2,1-2H3/t12-/m0/s1. The van der Waals surface area contributed by atoms with Gasteiger partial charge >= 0.3 is 0 Å². The molecule has 4 heteroatoms. The zero-order valence-corrected chi connectivity index (χ0v) is 10.8. The maximum Gasteiger partial charge on any atom is 0.147 e. The minimum absolute atomic E-state index is 0.804. The van der Waals surface area contributed by atoms with Gasteiger partial charge in [0.15, 0.2) is 0 Å². The Hall–Kier alpha value is -1.16. The first-order valence-electron chi connectivity index (χ1n) is 6.53. The molecule has 94 valence electrons. The lowest BCUT2D eigenvalue weighted by atomic mass is 10.1. The van der Waals surface area contributed by atoms with E-state index in [1.807, 2.05) is 6.20 Å². The van der Waals surface area contributed by atoms with E-state index in [-0.39, 0.29) is 0 Å². The van der Waals surface area contributed by atoms with Gasteiger partial charge in [-0.2, -0.15) is 0 Å². The van der Waals surface area contributed by atoms with Crippen LogP contribution in [0.4, 0.5) is 5.82 Å². The van der Waals surface area contributed by atoms with Crippen molar-refractivity contribution in [2.24, 2.45) is 5.92 Å². The second-order valence-electron chi connectivity index (χ2n) is 4.86. The summed E-state index contributed by atoms with van der Waals surface area (Å²) in [5, 5.41) is 0. The van der Waals surface area contributed by atoms with Crippen molar-refractivity contribution in [2.45, 2.75) is 20.3 Å². The van der Waals surface area contributed by atoms with Crippen molar-refractivity contribution in [3.05, 3.63) is 18.6 Å². The van der Waals surface area contributed by atoms with Crippen LogP contribution in [0, 0.1) is 5.92 Å². The van der Waals surface area contributed by atoms with Crippen molar-refractivity contribution in [1.29, 1.82) is 0 Å². The molecule has 0 unspecified atom stereocenters. The lowest BCUT2D eigenvalue weighted by Crippen LogP contribution is -2.47. The van der Waals surface area contributed by atoms with E-state index in [1.54, 1.807) is 12.4 Å². The summed E-state index contributed by atoms with van der Waals surface area (Å²) < 4.78 is 0. The molecule has 0 aromatic carbocycles. The summed E-state index contributed by atoms with van der Waals surface area (Å²) in [5.41, 5.74) is 0. The van der Waals surface area contributed by atoms with Crippen molar-refractivity contribution >= 4 is 5.82 Å². The number of anilines is 1. The van der Waals surface area contributed by atoms with Gasteiger partial charge in [-0.25, -0.2) is 4.98 Å². The normalized spacial score (nSPS) is 19.3. The van der Waals surface area contributed by atoms with E-state index in [4.69, 9.17) is 0 Å². The molecular weight excluding hydrogens is 212 g/mol. The Labute approximate surface area is 104 Å². The van der Waals surface area contributed by atoms with E-state index < -0.39 is 0 Å². The van der Waals surface area contributed by atoms with Gasteiger partial charge in [-0.1, -0.05) is 20.3 Å². The zero-order chi connectivity index (χ0) is 12.1. The summed E-state index contributed by atoms with van der Waals surface area (Å²) >= 11 is 0. The summed E-state index contributed by atoms with van der Waals surface area (Å²) in [6.45, 7) is 10.2. The molecule has 0 amide bonds. The highest BCUT2D eigenvalue weighted by atomic mass is 15.3. The molecule has 1 saturated heterocycles. The van der Waals surface area contributed by atoms with E-state index in [2.05, 4.69) is 33.6 Å². The number of nitrogens with zero attached hydrogens (tertiary/aromatic N) is 4. The summed E-state index contributed by atoms with van der Waals surface area (Å²) in [7, 11) is 0. The molecule has 1 aliphatic rings. The van der Waals surface area contributed by atoms with Crippen molar-refractivity contribution in [1.82, 2.24) is 14.9 Å². The largest absolute Gasteiger partial charge is 0.353 e. The molecule has 4 nitrogen and oxygen atoms in total. The van der Waals surface area contributed by atoms with E-state index in [0.29, 0.717) is 0 Å². The quantitative estimate of drug-likeness (QED) is 0.793. The van der Waals surface area contributed by atoms with Gasteiger partial charge in [0.25, 0.3) is 0 Å². The maximum absolute atomic E-state index is 4.35. The molecule has 1 aromatic heterocycles. The molecule has 2 rings (SSSR count). The average Bonchev–Trinajstić information content (AvgIpc) is 2.40. The van der Waals surface area contributed by atoms with Crippen LogP contribution in [-0.4, -0.2) is 47.6 Å². The highest BCUT2D eigenvalue weighted by Gasteiger charge is 2.18. The molecule has 0 spiro atoms. The van der Waals surface area contributed by atoms with Gasteiger partial charge in [0, 0.05) is 45.1 Å². The molecule has 1 atom stereocenters. The first-order chi connectivity index (χ1) is 8.29. The Morgan fingerprint density at radius 1 is 1.24 bits per heavy atom. The molecule has 1 fully saturated rings. The molecule has 17 heavy (non-hydrogen) atoms. The van der Waals surface area contributed by atoms with Crippen LogP contribution in [0.2, 0.25) is 0 Å². The monoisotopic (exact) mass is 234 g/mol. The highest BCUT2D eigenvalue weighted by molar-refractivity contribution is 5.35. The van der Waals surface area contributed by atoms with E-state index in [9.17, 15) is 0 Å². The Morgan fingerprint density at radius 2 is 2.00 bits per heavy atom. The van der Waals surface area contributed by atoms with Crippen LogP contribution in [0.3, 0.4) is 0 Å². The molecule has 0 N–H and O–H groups in total. The van der Waals surface area contributed by atoms with Gasteiger partial charge in [0.05, 0.1) is 6.20 Å². The van der Waals surface area contributed by atoms with Crippen LogP contribution in [0.25, 0.3) is 0 Å². The maximum atomic E-state index is 4.35. The zero-order valence-electron chi connectivity index (χ0n) is 10.8. The van der Waals surface area contributed by atoms with Crippen molar-refractivity contribution in [3.63, 3.8) is 0 Å². The number of hydrogen-bond acceptors (Lipinski definition) is 4. The number of aromatic nitrogens is 2. The third-order valence-corrected chi connectivity index (χ3v) is 3.51. The van der Waals surface area contributed by atoms with Crippen LogP contribution in [0.15, 0.2) is 18.6 Å². The van der Waals surface area contributed by atoms with E-state index in [0.717, 1.165) is 37.9 Å². The molecule has 0 saturated carbocycles. The van der Waals surface area contributed by atoms with Gasteiger partial charge in [0.2, 0.25) is 0 Å². The number of hydrogen-bond donors (Lipinski definition) is 0. The minimum Gasteiger partial charge on any atom is -0.353 e. The summed E-state index contributed by atoms with van der Waals surface area (Å²) in [5.74, 6) is 1.81. The number of piperazine rings is 1. The van der Waals surface area contributed by atoms with Crippen LogP contribution >= 0.6 is 0 Å². The average molecular weight is 234 g/mol. The first-order valence-corrected chi connectivity index (χ1v) is 6.53. The van der Waals surface area contributed by atoms with E-state index in [1.165, 1.54) is 13.0 Å². The van der Waals surface area contributed by atoms with Gasteiger partial charge < -0.3 is 4.90 Å². The Morgan fingerprint density at radius 3 is 2.59 bits per heavy atom. The van der Waals surface area contributed by atoms with Crippen molar-refractivity contribution in [3.8, 4) is 0 Å². The Bertz CT molecular complexity index is 319. The smallest absolute Gasteiger partial charge is 0.147 e. The predicted molar refractivity (Wildman–Crippen MR) is 70.1 cm³/mol. The SMILES string of the molecule is CC[C@H](C)CN1CCN(c2cnccn2)CC1. The van der Waals surface area contributed by atoms with Gasteiger partial charge in [-0.05, 0) is 5.92 Å². The number of rotatable bonds is 4.